The molecule has 1 aliphatic heterocycles. The lowest BCUT2D eigenvalue weighted by Crippen LogP contribution is -2.65. The molecule has 0 unspecified atom stereocenters. The van der Waals surface area contributed by atoms with Crippen LogP contribution in [0.1, 0.15) is 53.4 Å². The maximum absolute atomic E-state index is 6.31. The van der Waals surface area contributed by atoms with Crippen molar-refractivity contribution in [2.24, 2.45) is 23.0 Å². The van der Waals surface area contributed by atoms with Crippen molar-refractivity contribution in [3.63, 3.8) is 0 Å². The summed E-state index contributed by atoms with van der Waals surface area (Å²) in [6.45, 7) is 9.17. The predicted octanol–water partition coefficient (Wildman–Crippen LogP) is 2.38. The standard InChI is InChI=1S/C14H26BNO2/c1-5-6-12(16)15-17-11-8-9-7-10(13(9,2)3)14(11,4)18-15/h9-12H,5-8,16H2,1-4H3/t9-,10-,11+,12-,14-/m0/s1. The quantitative estimate of drug-likeness (QED) is 0.783. The van der Waals surface area contributed by atoms with E-state index in [1.807, 2.05) is 0 Å². The number of hydrogen-bond donors (Lipinski definition) is 1. The highest BCUT2D eigenvalue weighted by Crippen LogP contribution is 2.65. The van der Waals surface area contributed by atoms with Crippen LogP contribution in [-0.2, 0) is 9.31 Å². The van der Waals surface area contributed by atoms with Gasteiger partial charge in [0.25, 0.3) is 0 Å². The van der Waals surface area contributed by atoms with Gasteiger partial charge < -0.3 is 15.0 Å². The third kappa shape index (κ3) is 1.55. The molecular weight excluding hydrogens is 225 g/mol. The van der Waals surface area contributed by atoms with Crippen LogP contribution in [0, 0.1) is 17.3 Å². The fraction of sp³-hybridized carbons (Fsp3) is 1.00. The molecular formula is C14H26BNO2. The fourth-order valence-corrected chi connectivity index (χ4v) is 4.55. The Morgan fingerprint density at radius 1 is 1.33 bits per heavy atom. The molecule has 0 spiro atoms. The minimum Gasteiger partial charge on any atom is -0.404 e. The SMILES string of the molecule is CCC[C@H](N)B1O[C@@H]2C[C@@H]3C[C@@H](C3(C)C)[C@]2(C)O1. The molecule has 1 heterocycles. The zero-order chi connectivity index (χ0) is 13.1. The Bertz CT molecular complexity index is 349. The van der Waals surface area contributed by atoms with Crippen molar-refractivity contribution in [3.05, 3.63) is 0 Å². The van der Waals surface area contributed by atoms with Crippen LogP contribution in [0.15, 0.2) is 0 Å². The zero-order valence-electron chi connectivity index (χ0n) is 12.1. The van der Waals surface area contributed by atoms with Gasteiger partial charge in [-0.05, 0) is 43.4 Å². The average molecular weight is 251 g/mol. The van der Waals surface area contributed by atoms with Gasteiger partial charge in [0, 0.05) is 5.94 Å². The van der Waals surface area contributed by atoms with Crippen molar-refractivity contribution in [2.75, 3.05) is 0 Å². The average Bonchev–Trinajstić information content (AvgIpc) is 2.65. The lowest BCUT2D eigenvalue weighted by Gasteiger charge is -2.64. The van der Waals surface area contributed by atoms with E-state index < -0.39 is 0 Å². The summed E-state index contributed by atoms with van der Waals surface area (Å²) in [5.74, 6) is 1.47. The molecule has 1 saturated heterocycles. The highest BCUT2D eigenvalue weighted by Gasteiger charge is 2.68. The van der Waals surface area contributed by atoms with Crippen LogP contribution >= 0.6 is 0 Å². The third-order valence-electron chi connectivity index (χ3n) is 5.94. The van der Waals surface area contributed by atoms with Gasteiger partial charge >= 0.3 is 7.12 Å². The molecule has 0 aromatic rings. The Kier molecular flexibility index (Phi) is 2.86. The van der Waals surface area contributed by atoms with Gasteiger partial charge in [-0.25, -0.2) is 0 Å². The molecule has 4 heteroatoms. The van der Waals surface area contributed by atoms with E-state index in [2.05, 4.69) is 27.7 Å². The molecule has 0 amide bonds. The third-order valence-corrected chi connectivity index (χ3v) is 5.94. The molecule has 2 bridgehead atoms. The van der Waals surface area contributed by atoms with Crippen LogP contribution in [0.25, 0.3) is 0 Å². The highest BCUT2D eigenvalue weighted by molar-refractivity contribution is 6.47. The van der Waals surface area contributed by atoms with Crippen molar-refractivity contribution in [1.29, 1.82) is 0 Å². The summed E-state index contributed by atoms with van der Waals surface area (Å²) in [4.78, 5) is 0. The van der Waals surface area contributed by atoms with E-state index in [1.165, 1.54) is 6.42 Å². The molecule has 5 atom stereocenters. The fourth-order valence-electron chi connectivity index (χ4n) is 4.55. The largest absolute Gasteiger partial charge is 0.475 e. The summed E-state index contributed by atoms with van der Waals surface area (Å²) >= 11 is 0. The van der Waals surface area contributed by atoms with Crippen LogP contribution in [0.4, 0.5) is 0 Å². The highest BCUT2D eigenvalue weighted by atomic mass is 16.7. The Hall–Kier alpha value is -0.0551. The van der Waals surface area contributed by atoms with Gasteiger partial charge in [-0.2, -0.15) is 0 Å². The molecule has 0 aromatic carbocycles. The summed E-state index contributed by atoms with van der Waals surface area (Å²) in [6, 6.07) is 0. The monoisotopic (exact) mass is 251 g/mol. The molecule has 0 aromatic heterocycles. The van der Waals surface area contributed by atoms with E-state index >= 15 is 0 Å². The van der Waals surface area contributed by atoms with E-state index in [1.54, 1.807) is 0 Å². The first-order valence-corrected chi connectivity index (χ1v) is 7.48. The van der Waals surface area contributed by atoms with Crippen molar-refractivity contribution >= 4 is 7.12 Å². The second-order valence-electron chi connectivity index (χ2n) is 7.29. The molecule has 4 aliphatic rings. The Balaban J connectivity index is 1.76. The minimum absolute atomic E-state index is 0.0257. The van der Waals surface area contributed by atoms with Gasteiger partial charge in [-0.15, -0.1) is 0 Å². The van der Waals surface area contributed by atoms with E-state index in [0.29, 0.717) is 11.3 Å². The Morgan fingerprint density at radius 2 is 2.06 bits per heavy atom. The van der Waals surface area contributed by atoms with Crippen LogP contribution in [0.5, 0.6) is 0 Å². The summed E-state index contributed by atoms with van der Waals surface area (Å²) in [7, 11) is -0.185. The van der Waals surface area contributed by atoms with Crippen molar-refractivity contribution in [1.82, 2.24) is 0 Å². The molecule has 4 rings (SSSR count). The van der Waals surface area contributed by atoms with Crippen molar-refractivity contribution < 1.29 is 9.31 Å². The van der Waals surface area contributed by atoms with Gasteiger partial charge in [0.05, 0.1) is 11.7 Å². The first kappa shape index (κ1) is 13.0. The molecule has 3 aliphatic carbocycles. The molecule has 102 valence electrons. The van der Waals surface area contributed by atoms with Crippen molar-refractivity contribution in [3.8, 4) is 0 Å². The maximum atomic E-state index is 6.31. The predicted molar refractivity (Wildman–Crippen MR) is 73.0 cm³/mol. The van der Waals surface area contributed by atoms with Gasteiger partial charge in [0.2, 0.25) is 0 Å². The van der Waals surface area contributed by atoms with E-state index in [0.717, 1.165) is 25.2 Å². The number of hydrogen-bond acceptors (Lipinski definition) is 3. The zero-order valence-corrected chi connectivity index (χ0v) is 12.1. The molecule has 3 nitrogen and oxygen atoms in total. The van der Waals surface area contributed by atoms with Crippen molar-refractivity contribution in [2.45, 2.75) is 71.0 Å². The topological polar surface area (TPSA) is 44.5 Å². The lowest BCUT2D eigenvalue weighted by molar-refractivity contribution is -0.199. The Labute approximate surface area is 111 Å². The molecule has 2 N–H and O–H groups in total. The normalized spacial score (nSPS) is 46.5. The van der Waals surface area contributed by atoms with E-state index in [-0.39, 0.29) is 24.8 Å². The summed E-state index contributed by atoms with van der Waals surface area (Å²) in [6.07, 6.45) is 4.78. The van der Waals surface area contributed by atoms with Gasteiger partial charge in [-0.1, -0.05) is 27.2 Å². The van der Waals surface area contributed by atoms with Crippen LogP contribution < -0.4 is 5.73 Å². The summed E-state index contributed by atoms with van der Waals surface area (Å²) in [5, 5.41) is 0. The molecule has 0 radical (unpaired) electrons. The Morgan fingerprint density at radius 3 is 2.67 bits per heavy atom. The van der Waals surface area contributed by atoms with E-state index in [4.69, 9.17) is 15.0 Å². The van der Waals surface area contributed by atoms with Crippen LogP contribution in [0.3, 0.4) is 0 Å². The molecule has 18 heavy (non-hydrogen) atoms. The smallest absolute Gasteiger partial charge is 0.404 e. The van der Waals surface area contributed by atoms with E-state index in [9.17, 15) is 0 Å². The maximum Gasteiger partial charge on any atom is 0.475 e. The van der Waals surface area contributed by atoms with Gasteiger partial charge in [-0.3, -0.25) is 0 Å². The van der Waals surface area contributed by atoms with Crippen LogP contribution in [0.2, 0.25) is 0 Å². The minimum atomic E-state index is -0.185. The lowest BCUT2D eigenvalue weighted by atomic mass is 9.43. The molecule has 3 saturated carbocycles. The number of nitrogens with two attached hydrogens (primary N) is 1. The number of rotatable bonds is 3. The molecule has 4 fully saturated rings. The summed E-state index contributed by atoms with van der Waals surface area (Å²) < 4.78 is 12.4. The van der Waals surface area contributed by atoms with Gasteiger partial charge in [0.15, 0.2) is 0 Å². The second kappa shape index (κ2) is 3.97. The first-order valence-electron chi connectivity index (χ1n) is 7.48. The second-order valence-corrected chi connectivity index (χ2v) is 7.29. The summed E-state index contributed by atoms with van der Waals surface area (Å²) in [5.41, 5.74) is 6.49. The van der Waals surface area contributed by atoms with Crippen LogP contribution in [-0.4, -0.2) is 24.8 Å². The first-order chi connectivity index (χ1) is 8.39. The van der Waals surface area contributed by atoms with Gasteiger partial charge in [0.1, 0.15) is 0 Å².